The van der Waals surface area contributed by atoms with Gasteiger partial charge in [-0.15, -0.1) is 0 Å². The molecule has 3 heteroatoms. The number of anilines is 3. The van der Waals surface area contributed by atoms with Crippen molar-refractivity contribution in [3.05, 3.63) is 168 Å². The van der Waals surface area contributed by atoms with Crippen LogP contribution in [-0.4, -0.2) is 4.98 Å². The van der Waals surface area contributed by atoms with Crippen LogP contribution in [0.15, 0.2) is 152 Å². The van der Waals surface area contributed by atoms with Crippen LogP contribution >= 0.6 is 0 Å². The van der Waals surface area contributed by atoms with Gasteiger partial charge >= 0.3 is 0 Å². The Hall–Kier alpha value is -6.24. The van der Waals surface area contributed by atoms with E-state index in [2.05, 4.69) is 145 Å². The molecular weight excluding hydrogens is 583 g/mol. The van der Waals surface area contributed by atoms with Crippen LogP contribution in [0.3, 0.4) is 0 Å². The summed E-state index contributed by atoms with van der Waals surface area (Å²) in [5.74, 6) is 0. The first-order valence-electron chi connectivity index (χ1n) is 16.3. The van der Waals surface area contributed by atoms with Crippen LogP contribution in [0.4, 0.5) is 17.1 Å². The second-order valence-corrected chi connectivity index (χ2v) is 13.2. The predicted molar refractivity (Wildman–Crippen MR) is 199 cm³/mol. The molecule has 1 aliphatic rings. The van der Waals surface area contributed by atoms with Gasteiger partial charge in [-0.05, 0) is 116 Å². The van der Waals surface area contributed by atoms with Crippen molar-refractivity contribution in [2.75, 3.05) is 4.90 Å². The lowest BCUT2D eigenvalue weighted by atomic mass is 9.81. The predicted octanol–water partition coefficient (Wildman–Crippen LogP) is 11.9. The Labute approximate surface area is 280 Å². The third-order valence-electron chi connectivity index (χ3n) is 10.1. The molecule has 0 N–H and O–H groups in total. The number of rotatable bonds is 5. The van der Waals surface area contributed by atoms with E-state index in [4.69, 9.17) is 0 Å². The van der Waals surface area contributed by atoms with E-state index in [9.17, 15) is 5.26 Å². The molecule has 0 saturated heterocycles. The Balaban J connectivity index is 1.12. The Bertz CT molecular complexity index is 2570. The van der Waals surface area contributed by atoms with Crippen molar-refractivity contribution in [2.24, 2.45) is 0 Å². The van der Waals surface area contributed by atoms with Crippen molar-refractivity contribution < 1.29 is 0 Å². The minimum atomic E-state index is -0.0575. The molecule has 7 aromatic carbocycles. The summed E-state index contributed by atoms with van der Waals surface area (Å²) in [5, 5.41) is 16.0. The van der Waals surface area contributed by atoms with E-state index < -0.39 is 0 Å². The number of pyridine rings is 1. The maximum absolute atomic E-state index is 9.46. The topological polar surface area (TPSA) is 39.9 Å². The van der Waals surface area contributed by atoms with Gasteiger partial charge in [-0.3, -0.25) is 4.98 Å². The third kappa shape index (κ3) is 4.31. The lowest BCUT2D eigenvalue weighted by Crippen LogP contribution is -2.15. The average molecular weight is 614 g/mol. The van der Waals surface area contributed by atoms with Crippen LogP contribution in [0.5, 0.6) is 0 Å². The molecule has 0 radical (unpaired) electrons. The maximum Gasteiger partial charge on any atom is 0.0991 e. The van der Waals surface area contributed by atoms with Crippen LogP contribution in [0.1, 0.15) is 30.5 Å². The number of hydrogen-bond donors (Lipinski definition) is 0. The van der Waals surface area contributed by atoms with Crippen molar-refractivity contribution >= 4 is 49.5 Å². The van der Waals surface area contributed by atoms with Gasteiger partial charge in [0.25, 0.3) is 0 Å². The van der Waals surface area contributed by atoms with Crippen molar-refractivity contribution in [2.45, 2.75) is 19.3 Å². The molecule has 1 heterocycles. The zero-order valence-electron chi connectivity index (χ0n) is 26.8. The van der Waals surface area contributed by atoms with Gasteiger partial charge in [-0.2, -0.15) is 5.26 Å². The average Bonchev–Trinajstić information content (AvgIpc) is 3.38. The van der Waals surface area contributed by atoms with Gasteiger partial charge in [-0.1, -0.05) is 92.7 Å². The number of aromatic nitrogens is 1. The Morgan fingerprint density at radius 2 is 1.15 bits per heavy atom. The van der Waals surface area contributed by atoms with Crippen molar-refractivity contribution in [3.8, 4) is 28.3 Å². The SMILES string of the molecule is CC1(C)c2cccc3ccc4cc(-c5ccc(N(c6ccc(C#N)cc6)c6ccc(-c7cccc8cccnc78)cc6)cc5)cc1c4c23. The summed E-state index contributed by atoms with van der Waals surface area (Å²) < 4.78 is 0. The Kier molecular flexibility index (Phi) is 6.22. The molecule has 8 aromatic rings. The van der Waals surface area contributed by atoms with Crippen LogP contribution in [-0.2, 0) is 5.41 Å². The molecule has 1 aliphatic carbocycles. The quantitative estimate of drug-likeness (QED) is 0.181. The molecule has 0 atom stereocenters. The van der Waals surface area contributed by atoms with Gasteiger partial charge in [0, 0.05) is 39.6 Å². The highest BCUT2D eigenvalue weighted by Gasteiger charge is 2.34. The van der Waals surface area contributed by atoms with Crippen molar-refractivity contribution in [1.29, 1.82) is 5.26 Å². The number of nitriles is 1. The second kappa shape index (κ2) is 10.7. The highest BCUT2D eigenvalue weighted by Crippen LogP contribution is 2.50. The van der Waals surface area contributed by atoms with Gasteiger partial charge in [0.2, 0.25) is 0 Å². The molecule has 0 aliphatic heterocycles. The van der Waals surface area contributed by atoms with Gasteiger partial charge in [0.15, 0.2) is 0 Å². The maximum atomic E-state index is 9.46. The zero-order chi connectivity index (χ0) is 32.4. The van der Waals surface area contributed by atoms with E-state index in [1.807, 2.05) is 36.5 Å². The highest BCUT2D eigenvalue weighted by atomic mass is 15.1. The summed E-state index contributed by atoms with van der Waals surface area (Å²) in [6.45, 7) is 4.70. The first-order valence-corrected chi connectivity index (χ1v) is 16.3. The Morgan fingerprint density at radius 3 is 1.88 bits per heavy atom. The molecule has 0 amide bonds. The summed E-state index contributed by atoms with van der Waals surface area (Å²) in [5.41, 5.74) is 12.1. The fourth-order valence-electron chi connectivity index (χ4n) is 7.63. The van der Waals surface area contributed by atoms with Crippen molar-refractivity contribution in [3.63, 3.8) is 0 Å². The van der Waals surface area contributed by atoms with Gasteiger partial charge < -0.3 is 4.90 Å². The first-order chi connectivity index (χ1) is 23.5. The molecule has 0 bridgehead atoms. The Morgan fingerprint density at radius 1 is 0.542 bits per heavy atom. The lowest BCUT2D eigenvalue weighted by molar-refractivity contribution is 0.663. The fourth-order valence-corrected chi connectivity index (χ4v) is 7.63. The standard InChI is InChI=1S/C45H31N3/c1-45(2)40-10-4-6-32-13-14-34-26-35(27-41(45)43(34)42(32)40)30-15-21-37(22-16-30)48(36-19-11-29(28-46)12-20-36)38-23-17-31(18-24-38)39-9-3-7-33-8-5-25-47-44(33)39/h3-27H,1-2H3. The second-order valence-electron chi connectivity index (χ2n) is 13.2. The minimum absolute atomic E-state index is 0.0575. The van der Waals surface area contributed by atoms with Gasteiger partial charge in [-0.25, -0.2) is 0 Å². The third-order valence-corrected chi connectivity index (χ3v) is 10.1. The smallest absolute Gasteiger partial charge is 0.0991 e. The summed E-state index contributed by atoms with van der Waals surface area (Å²) in [6, 6.07) is 53.9. The largest absolute Gasteiger partial charge is 0.311 e. The molecule has 0 saturated carbocycles. The van der Waals surface area contributed by atoms with Crippen LogP contribution in [0.25, 0.3) is 54.7 Å². The van der Waals surface area contributed by atoms with Crippen LogP contribution in [0.2, 0.25) is 0 Å². The molecule has 9 rings (SSSR count). The molecule has 0 spiro atoms. The van der Waals surface area contributed by atoms with E-state index in [-0.39, 0.29) is 5.41 Å². The summed E-state index contributed by atoms with van der Waals surface area (Å²) in [7, 11) is 0. The normalized spacial score (nSPS) is 12.9. The monoisotopic (exact) mass is 613 g/mol. The van der Waals surface area contributed by atoms with Crippen LogP contribution < -0.4 is 4.90 Å². The van der Waals surface area contributed by atoms with E-state index in [0.29, 0.717) is 5.56 Å². The van der Waals surface area contributed by atoms with Gasteiger partial charge in [0.05, 0.1) is 17.1 Å². The molecular formula is C45H31N3. The number of benzene rings is 7. The fraction of sp³-hybridized carbons (Fsp3) is 0.0667. The van der Waals surface area contributed by atoms with Crippen LogP contribution in [0, 0.1) is 11.3 Å². The number of fused-ring (bicyclic) bond motifs is 1. The van der Waals surface area contributed by atoms with Gasteiger partial charge in [0.1, 0.15) is 0 Å². The molecule has 0 fully saturated rings. The molecule has 48 heavy (non-hydrogen) atoms. The molecule has 1 aromatic heterocycles. The summed E-state index contributed by atoms with van der Waals surface area (Å²) >= 11 is 0. The van der Waals surface area contributed by atoms with E-state index in [1.165, 1.54) is 43.8 Å². The number of hydrogen-bond acceptors (Lipinski definition) is 3. The first kappa shape index (κ1) is 28.0. The number of para-hydroxylation sites is 1. The highest BCUT2D eigenvalue weighted by molar-refractivity contribution is 6.15. The van der Waals surface area contributed by atoms with E-state index in [0.717, 1.165) is 39.1 Å². The molecule has 3 nitrogen and oxygen atoms in total. The molecule has 0 unspecified atom stereocenters. The minimum Gasteiger partial charge on any atom is -0.311 e. The molecule has 226 valence electrons. The van der Waals surface area contributed by atoms with Crippen molar-refractivity contribution in [1.82, 2.24) is 4.98 Å². The van der Waals surface area contributed by atoms with E-state index >= 15 is 0 Å². The lowest BCUT2D eigenvalue weighted by Gasteiger charge is -2.26. The van der Waals surface area contributed by atoms with E-state index in [1.54, 1.807) is 0 Å². The summed E-state index contributed by atoms with van der Waals surface area (Å²) in [6.07, 6.45) is 1.85. The summed E-state index contributed by atoms with van der Waals surface area (Å²) in [4.78, 5) is 6.91. The zero-order valence-corrected chi connectivity index (χ0v) is 26.8. The number of nitrogens with zero attached hydrogens (tertiary/aromatic N) is 3.